The van der Waals surface area contributed by atoms with Crippen molar-refractivity contribution in [3.63, 3.8) is 0 Å². The summed E-state index contributed by atoms with van der Waals surface area (Å²) in [6, 6.07) is 7.01. The number of aromatic nitrogens is 2. The highest BCUT2D eigenvalue weighted by Crippen LogP contribution is 2.24. The molecule has 0 atom stereocenters. The van der Waals surface area contributed by atoms with E-state index < -0.39 is 17.6 Å². The third-order valence-corrected chi connectivity index (χ3v) is 4.69. The zero-order valence-electron chi connectivity index (χ0n) is 17.2. The minimum atomic E-state index is -0.574. The molecule has 2 heterocycles. The molecule has 0 unspecified atom stereocenters. The highest BCUT2D eigenvalue weighted by molar-refractivity contribution is 5.94. The topological polar surface area (TPSA) is 64.0 Å². The molecule has 0 bridgehead atoms. The Morgan fingerprint density at radius 3 is 2.71 bits per heavy atom. The van der Waals surface area contributed by atoms with E-state index in [1.54, 1.807) is 19.1 Å². The van der Waals surface area contributed by atoms with Crippen LogP contribution in [-0.2, 0) is 6.54 Å². The number of allylic oxidation sites excluding steroid dienone is 5. The molecule has 1 amide bonds. The lowest BCUT2D eigenvalue weighted by Gasteiger charge is -2.16. The first-order chi connectivity index (χ1) is 14.8. The Kier molecular flexibility index (Phi) is 6.55. The van der Waals surface area contributed by atoms with Crippen LogP contribution < -0.4 is 10.7 Å². The molecule has 31 heavy (non-hydrogen) atoms. The second-order valence-corrected chi connectivity index (χ2v) is 6.81. The number of nitrogens with zero attached hydrogens (tertiary/aromatic N) is 2. The molecule has 0 aliphatic heterocycles. The number of carbonyl (C=O) groups excluding carboxylic acids is 1. The van der Waals surface area contributed by atoms with Crippen LogP contribution in [0, 0.1) is 12.7 Å². The van der Waals surface area contributed by atoms with Crippen LogP contribution in [0.1, 0.15) is 28.5 Å². The third-order valence-electron chi connectivity index (χ3n) is 4.69. The summed E-state index contributed by atoms with van der Waals surface area (Å²) in [7, 11) is 0. The van der Waals surface area contributed by atoms with Crippen molar-refractivity contribution < 1.29 is 13.6 Å². The second-order valence-electron chi connectivity index (χ2n) is 6.81. The van der Waals surface area contributed by atoms with Gasteiger partial charge in [0.1, 0.15) is 11.6 Å². The summed E-state index contributed by atoms with van der Waals surface area (Å²) in [5, 5.41) is 2.88. The monoisotopic (exact) mass is 421 g/mol. The van der Waals surface area contributed by atoms with Gasteiger partial charge in [-0.25, -0.2) is 8.78 Å². The SMILES string of the molecule is C=C/C=C(\C(F)=C/C)n1cc(CNC(=O)c2ccc(C)nc2)c(=O)c2ccc(F)cc21. The van der Waals surface area contributed by atoms with E-state index in [0.717, 1.165) is 17.8 Å². The summed E-state index contributed by atoms with van der Waals surface area (Å²) >= 11 is 0. The van der Waals surface area contributed by atoms with Crippen LogP contribution in [0.25, 0.3) is 16.6 Å². The Hall–Kier alpha value is -3.87. The quantitative estimate of drug-likeness (QED) is 0.588. The van der Waals surface area contributed by atoms with Crippen molar-refractivity contribution in [2.45, 2.75) is 20.4 Å². The molecule has 158 valence electrons. The molecule has 0 aliphatic carbocycles. The van der Waals surface area contributed by atoms with Gasteiger partial charge in [0.15, 0.2) is 5.43 Å². The van der Waals surface area contributed by atoms with Crippen LogP contribution >= 0.6 is 0 Å². The van der Waals surface area contributed by atoms with Crippen molar-refractivity contribution in [2.24, 2.45) is 0 Å². The van der Waals surface area contributed by atoms with Crippen molar-refractivity contribution in [1.82, 2.24) is 14.9 Å². The van der Waals surface area contributed by atoms with Gasteiger partial charge in [-0.15, -0.1) is 0 Å². The maximum absolute atomic E-state index is 14.6. The molecule has 0 spiro atoms. The molecule has 1 N–H and O–H groups in total. The van der Waals surface area contributed by atoms with Crippen LogP contribution in [0.5, 0.6) is 0 Å². The minimum Gasteiger partial charge on any atom is -0.348 e. The maximum Gasteiger partial charge on any atom is 0.253 e. The maximum atomic E-state index is 14.6. The standard InChI is InChI=1S/C24H21F2N3O2/c1-4-6-21(20(26)5-2)29-14-17(23(30)19-10-9-18(25)11-22(19)29)13-28-24(31)16-8-7-15(3)27-12-16/h4-12,14H,1,13H2,2-3H3,(H,28,31)/b20-5+,21-6+. The Labute approximate surface area is 178 Å². The second kappa shape index (κ2) is 9.30. The Bertz CT molecular complexity index is 1270. The van der Waals surface area contributed by atoms with Crippen molar-refractivity contribution in [3.05, 3.63) is 106 Å². The fourth-order valence-electron chi connectivity index (χ4n) is 3.09. The summed E-state index contributed by atoms with van der Waals surface area (Å²) in [6.45, 7) is 6.83. The van der Waals surface area contributed by atoms with Crippen LogP contribution in [-0.4, -0.2) is 15.5 Å². The minimum absolute atomic E-state index is 0.0865. The smallest absolute Gasteiger partial charge is 0.253 e. The molecule has 0 radical (unpaired) electrons. The predicted octanol–water partition coefficient (Wildman–Crippen LogP) is 4.67. The summed E-state index contributed by atoms with van der Waals surface area (Å²) < 4.78 is 29.9. The highest BCUT2D eigenvalue weighted by Gasteiger charge is 2.15. The molecule has 3 aromatic rings. The molecule has 5 nitrogen and oxygen atoms in total. The lowest BCUT2D eigenvalue weighted by atomic mass is 10.1. The summed E-state index contributed by atoms with van der Waals surface area (Å²) in [5.41, 5.74) is 1.24. The molecule has 2 aromatic heterocycles. The third kappa shape index (κ3) is 4.66. The van der Waals surface area contributed by atoms with E-state index in [1.165, 1.54) is 48.2 Å². The van der Waals surface area contributed by atoms with Gasteiger partial charge in [0, 0.05) is 35.6 Å². The molecule has 3 rings (SSSR count). The average Bonchev–Trinajstić information content (AvgIpc) is 2.77. The lowest BCUT2D eigenvalue weighted by molar-refractivity contribution is 0.0950. The molecule has 0 aliphatic rings. The number of rotatable bonds is 6. The van der Waals surface area contributed by atoms with Crippen LogP contribution in [0.4, 0.5) is 8.78 Å². The number of benzene rings is 1. The van der Waals surface area contributed by atoms with Gasteiger partial charge in [-0.3, -0.25) is 14.6 Å². The Balaban J connectivity index is 2.09. The fourth-order valence-corrected chi connectivity index (χ4v) is 3.09. The number of carbonyl (C=O) groups is 1. The van der Waals surface area contributed by atoms with E-state index in [0.29, 0.717) is 5.56 Å². The molecule has 7 heteroatoms. The summed E-state index contributed by atoms with van der Waals surface area (Å²) in [5.74, 6) is -1.54. The molecular formula is C24H21F2N3O2. The number of fused-ring (bicyclic) bond motifs is 1. The van der Waals surface area contributed by atoms with Gasteiger partial charge in [-0.1, -0.05) is 12.7 Å². The van der Waals surface area contributed by atoms with Crippen molar-refractivity contribution in [1.29, 1.82) is 0 Å². The largest absolute Gasteiger partial charge is 0.348 e. The molecular weight excluding hydrogens is 400 g/mol. The van der Waals surface area contributed by atoms with Gasteiger partial charge in [0.25, 0.3) is 5.91 Å². The molecule has 0 fully saturated rings. The number of aryl methyl sites for hydroxylation is 1. The van der Waals surface area contributed by atoms with Crippen LogP contribution in [0.15, 0.2) is 78.2 Å². The number of hydrogen-bond acceptors (Lipinski definition) is 3. The van der Waals surface area contributed by atoms with E-state index in [4.69, 9.17) is 0 Å². The van der Waals surface area contributed by atoms with Crippen molar-refractivity contribution >= 4 is 22.5 Å². The van der Waals surface area contributed by atoms with Crippen LogP contribution in [0.3, 0.4) is 0 Å². The van der Waals surface area contributed by atoms with Gasteiger partial charge in [0.05, 0.1) is 16.8 Å². The van der Waals surface area contributed by atoms with Crippen molar-refractivity contribution in [3.8, 4) is 0 Å². The predicted molar refractivity (Wildman–Crippen MR) is 118 cm³/mol. The van der Waals surface area contributed by atoms with Gasteiger partial charge in [-0.05, 0) is 56.3 Å². The zero-order valence-corrected chi connectivity index (χ0v) is 17.2. The number of nitrogens with one attached hydrogen (secondary N) is 1. The Morgan fingerprint density at radius 2 is 2.06 bits per heavy atom. The molecule has 1 aromatic carbocycles. The number of halogens is 2. The number of amides is 1. The van der Waals surface area contributed by atoms with Gasteiger partial charge < -0.3 is 9.88 Å². The highest BCUT2D eigenvalue weighted by atomic mass is 19.1. The van der Waals surface area contributed by atoms with Gasteiger partial charge in [-0.2, -0.15) is 0 Å². The first kappa shape index (κ1) is 21.8. The normalized spacial score (nSPS) is 12.1. The molecule has 0 saturated heterocycles. The van der Waals surface area contributed by atoms with E-state index in [9.17, 15) is 18.4 Å². The average molecular weight is 421 g/mol. The summed E-state index contributed by atoms with van der Waals surface area (Å²) in [4.78, 5) is 29.5. The lowest BCUT2D eigenvalue weighted by Crippen LogP contribution is -2.27. The zero-order chi connectivity index (χ0) is 22.5. The summed E-state index contributed by atoms with van der Waals surface area (Å²) in [6.07, 6.45) is 6.91. The van der Waals surface area contributed by atoms with Gasteiger partial charge in [0.2, 0.25) is 0 Å². The van der Waals surface area contributed by atoms with E-state index in [1.807, 2.05) is 0 Å². The van der Waals surface area contributed by atoms with E-state index in [-0.39, 0.29) is 34.1 Å². The number of hydrogen-bond donors (Lipinski definition) is 1. The van der Waals surface area contributed by atoms with Crippen molar-refractivity contribution in [2.75, 3.05) is 0 Å². The van der Waals surface area contributed by atoms with E-state index >= 15 is 0 Å². The first-order valence-corrected chi connectivity index (χ1v) is 9.55. The number of pyridine rings is 2. The first-order valence-electron chi connectivity index (χ1n) is 9.55. The van der Waals surface area contributed by atoms with E-state index in [2.05, 4.69) is 16.9 Å². The molecule has 0 saturated carbocycles. The Morgan fingerprint density at radius 1 is 1.29 bits per heavy atom. The van der Waals surface area contributed by atoms with Crippen LogP contribution in [0.2, 0.25) is 0 Å². The fraction of sp³-hybridized carbons (Fsp3) is 0.125. The van der Waals surface area contributed by atoms with Gasteiger partial charge >= 0.3 is 0 Å².